The van der Waals surface area contributed by atoms with E-state index in [9.17, 15) is 4.79 Å². The van der Waals surface area contributed by atoms with E-state index in [0.29, 0.717) is 6.42 Å². The van der Waals surface area contributed by atoms with Crippen molar-refractivity contribution in [2.75, 3.05) is 7.11 Å². The van der Waals surface area contributed by atoms with Gasteiger partial charge in [-0.15, -0.1) is 0 Å². The van der Waals surface area contributed by atoms with Crippen molar-refractivity contribution in [3.63, 3.8) is 0 Å². The molecule has 0 aliphatic carbocycles. The first-order chi connectivity index (χ1) is 6.33. The monoisotopic (exact) mass is 179 g/mol. The summed E-state index contributed by atoms with van der Waals surface area (Å²) < 4.78 is 0. The minimum atomic E-state index is -0.0913. The van der Waals surface area contributed by atoms with Gasteiger partial charge in [0.05, 0.1) is 7.11 Å². The highest BCUT2D eigenvalue weighted by Gasteiger charge is 1.99. The molecule has 0 heterocycles. The van der Waals surface area contributed by atoms with Gasteiger partial charge in [-0.05, 0) is 12.0 Å². The molecule has 70 valence electrons. The molecule has 1 aromatic carbocycles. The highest BCUT2D eigenvalue weighted by molar-refractivity contribution is 5.74. The third kappa shape index (κ3) is 3.71. The third-order valence-electron chi connectivity index (χ3n) is 1.70. The maximum atomic E-state index is 11.0. The second kappa shape index (κ2) is 5.32. The van der Waals surface area contributed by atoms with Crippen molar-refractivity contribution in [2.24, 2.45) is 0 Å². The average Bonchev–Trinajstić information content (AvgIpc) is 2.17. The van der Waals surface area contributed by atoms with E-state index >= 15 is 0 Å². The fraction of sp³-hybridized carbons (Fsp3) is 0.300. The van der Waals surface area contributed by atoms with Gasteiger partial charge >= 0.3 is 0 Å². The fourth-order valence-electron chi connectivity index (χ4n) is 1.07. The fourth-order valence-corrected chi connectivity index (χ4v) is 1.07. The number of benzene rings is 1. The molecule has 0 radical (unpaired) electrons. The number of aryl methyl sites for hydroxylation is 1. The minimum absolute atomic E-state index is 0.0913. The van der Waals surface area contributed by atoms with E-state index < -0.39 is 0 Å². The van der Waals surface area contributed by atoms with Gasteiger partial charge in [0.15, 0.2) is 0 Å². The summed E-state index contributed by atoms with van der Waals surface area (Å²) >= 11 is 0. The summed E-state index contributed by atoms with van der Waals surface area (Å²) in [6, 6.07) is 9.88. The van der Waals surface area contributed by atoms with Gasteiger partial charge in [0, 0.05) is 6.42 Å². The number of hydrogen-bond acceptors (Lipinski definition) is 2. The van der Waals surface area contributed by atoms with Gasteiger partial charge in [-0.25, -0.2) is 5.48 Å². The molecular formula is C10H13NO2. The third-order valence-corrected chi connectivity index (χ3v) is 1.70. The molecule has 0 aliphatic rings. The van der Waals surface area contributed by atoms with Crippen LogP contribution in [-0.2, 0) is 16.1 Å². The predicted molar refractivity (Wildman–Crippen MR) is 49.9 cm³/mol. The lowest BCUT2D eigenvalue weighted by atomic mass is 10.1. The Morgan fingerprint density at radius 2 is 2.08 bits per heavy atom. The SMILES string of the molecule is CONC(=O)CCc1ccccc1. The van der Waals surface area contributed by atoms with E-state index in [4.69, 9.17) is 0 Å². The van der Waals surface area contributed by atoms with Crippen LogP contribution >= 0.6 is 0 Å². The molecule has 1 rings (SSSR count). The van der Waals surface area contributed by atoms with Crippen molar-refractivity contribution in [1.29, 1.82) is 0 Å². The molecule has 0 fully saturated rings. The Bertz CT molecular complexity index is 259. The smallest absolute Gasteiger partial charge is 0.243 e. The zero-order chi connectivity index (χ0) is 9.52. The molecule has 0 bridgehead atoms. The second-order valence-corrected chi connectivity index (χ2v) is 2.71. The van der Waals surface area contributed by atoms with Crippen molar-refractivity contribution in [3.05, 3.63) is 35.9 Å². The zero-order valence-corrected chi connectivity index (χ0v) is 7.62. The van der Waals surface area contributed by atoms with Crippen molar-refractivity contribution >= 4 is 5.91 Å². The Morgan fingerprint density at radius 3 is 2.69 bits per heavy atom. The van der Waals surface area contributed by atoms with Crippen LogP contribution in [0.5, 0.6) is 0 Å². The molecule has 0 unspecified atom stereocenters. The number of nitrogens with one attached hydrogen (secondary N) is 1. The van der Waals surface area contributed by atoms with Crippen molar-refractivity contribution < 1.29 is 9.63 Å². The van der Waals surface area contributed by atoms with Crippen molar-refractivity contribution in [1.82, 2.24) is 5.48 Å². The maximum absolute atomic E-state index is 11.0. The predicted octanol–water partition coefficient (Wildman–Crippen LogP) is 1.30. The lowest BCUT2D eigenvalue weighted by Crippen LogP contribution is -2.21. The number of hydroxylamine groups is 1. The summed E-state index contributed by atoms with van der Waals surface area (Å²) in [6.07, 6.45) is 1.20. The normalized spacial score (nSPS) is 9.62. The van der Waals surface area contributed by atoms with E-state index in [1.807, 2.05) is 30.3 Å². The summed E-state index contributed by atoms with van der Waals surface area (Å²) in [5.74, 6) is -0.0913. The highest BCUT2D eigenvalue weighted by Crippen LogP contribution is 2.01. The molecule has 1 N–H and O–H groups in total. The average molecular weight is 179 g/mol. The Labute approximate surface area is 77.7 Å². The molecule has 0 saturated heterocycles. The number of carbonyl (C=O) groups is 1. The van der Waals surface area contributed by atoms with Crippen LogP contribution in [0.2, 0.25) is 0 Å². The lowest BCUT2D eigenvalue weighted by molar-refractivity contribution is -0.131. The summed E-state index contributed by atoms with van der Waals surface area (Å²) in [5.41, 5.74) is 3.44. The van der Waals surface area contributed by atoms with Crippen LogP contribution < -0.4 is 5.48 Å². The molecule has 0 atom stereocenters. The number of carbonyl (C=O) groups excluding carboxylic acids is 1. The molecular weight excluding hydrogens is 166 g/mol. The van der Waals surface area contributed by atoms with E-state index in [1.54, 1.807) is 0 Å². The largest absolute Gasteiger partial charge is 0.277 e. The number of hydrogen-bond donors (Lipinski definition) is 1. The highest BCUT2D eigenvalue weighted by atomic mass is 16.6. The van der Waals surface area contributed by atoms with Gasteiger partial charge in [0.1, 0.15) is 0 Å². The molecule has 0 aliphatic heterocycles. The van der Waals surface area contributed by atoms with Gasteiger partial charge in [0.2, 0.25) is 5.91 Å². The zero-order valence-electron chi connectivity index (χ0n) is 7.62. The van der Waals surface area contributed by atoms with Crippen LogP contribution in [0, 0.1) is 0 Å². The minimum Gasteiger partial charge on any atom is -0.277 e. The lowest BCUT2D eigenvalue weighted by Gasteiger charge is -2.01. The summed E-state index contributed by atoms with van der Waals surface area (Å²) in [6.45, 7) is 0. The van der Waals surface area contributed by atoms with Gasteiger partial charge in [0.25, 0.3) is 0 Å². The van der Waals surface area contributed by atoms with Gasteiger partial charge in [-0.2, -0.15) is 0 Å². The van der Waals surface area contributed by atoms with Crippen LogP contribution in [0.4, 0.5) is 0 Å². The summed E-state index contributed by atoms with van der Waals surface area (Å²) in [4.78, 5) is 15.5. The first-order valence-electron chi connectivity index (χ1n) is 4.18. The molecule has 1 amide bonds. The van der Waals surface area contributed by atoms with Gasteiger partial charge in [-0.3, -0.25) is 9.63 Å². The Morgan fingerprint density at radius 1 is 1.38 bits per heavy atom. The standard InChI is InChI=1S/C10H13NO2/c1-13-11-10(12)8-7-9-5-3-2-4-6-9/h2-6H,7-8H2,1H3,(H,11,12). The molecule has 1 aromatic rings. The summed E-state index contributed by atoms with van der Waals surface area (Å²) in [5, 5.41) is 0. The van der Waals surface area contributed by atoms with Crippen LogP contribution in [-0.4, -0.2) is 13.0 Å². The van der Waals surface area contributed by atoms with E-state index in [0.717, 1.165) is 12.0 Å². The molecule has 3 heteroatoms. The van der Waals surface area contributed by atoms with Gasteiger partial charge in [-0.1, -0.05) is 30.3 Å². The molecule has 0 spiro atoms. The van der Waals surface area contributed by atoms with E-state index in [2.05, 4.69) is 10.3 Å². The summed E-state index contributed by atoms with van der Waals surface area (Å²) in [7, 11) is 1.43. The molecule has 0 saturated carbocycles. The maximum Gasteiger partial charge on any atom is 0.243 e. The molecule has 3 nitrogen and oxygen atoms in total. The number of rotatable bonds is 4. The van der Waals surface area contributed by atoms with Crippen LogP contribution in [0.15, 0.2) is 30.3 Å². The topological polar surface area (TPSA) is 38.3 Å². The molecule has 0 aromatic heterocycles. The van der Waals surface area contributed by atoms with Gasteiger partial charge < -0.3 is 0 Å². The van der Waals surface area contributed by atoms with E-state index in [-0.39, 0.29) is 5.91 Å². The second-order valence-electron chi connectivity index (χ2n) is 2.71. The Hall–Kier alpha value is -1.35. The Balaban J connectivity index is 2.31. The van der Waals surface area contributed by atoms with Crippen molar-refractivity contribution in [3.8, 4) is 0 Å². The van der Waals surface area contributed by atoms with Crippen molar-refractivity contribution in [2.45, 2.75) is 12.8 Å². The molecule has 13 heavy (non-hydrogen) atoms. The van der Waals surface area contributed by atoms with Crippen LogP contribution in [0.1, 0.15) is 12.0 Å². The Kier molecular flexibility index (Phi) is 3.99. The first-order valence-corrected chi connectivity index (χ1v) is 4.18. The number of amides is 1. The first kappa shape index (κ1) is 9.74. The quantitative estimate of drug-likeness (QED) is 0.707. The van der Waals surface area contributed by atoms with Crippen LogP contribution in [0.25, 0.3) is 0 Å². The van der Waals surface area contributed by atoms with E-state index in [1.165, 1.54) is 7.11 Å². The van der Waals surface area contributed by atoms with Crippen LogP contribution in [0.3, 0.4) is 0 Å².